The van der Waals surface area contributed by atoms with E-state index in [4.69, 9.17) is 0 Å². The van der Waals surface area contributed by atoms with Crippen LogP contribution in [0.25, 0.3) is 0 Å². The molecule has 0 bridgehead atoms. The molecule has 0 aromatic carbocycles. The van der Waals surface area contributed by atoms with E-state index in [1.807, 2.05) is 0 Å². The van der Waals surface area contributed by atoms with Gasteiger partial charge in [-0.1, -0.05) is 117 Å². The first-order chi connectivity index (χ1) is 22.4. The molecule has 0 aromatic rings. The van der Waals surface area contributed by atoms with Crippen molar-refractivity contribution in [1.29, 1.82) is 0 Å². The van der Waals surface area contributed by atoms with Crippen molar-refractivity contribution < 1.29 is 10.2 Å². The SMILES string of the molecule is CCCCCCC(C)(C1CCC(O)C(C2CCCCC2)(C2CCCCC2)C1)C1CCC(O)C(C2CCCCC2)(C2CCCCC2)C1. The molecule has 6 fully saturated rings. The van der Waals surface area contributed by atoms with Gasteiger partial charge in [-0.05, 0) is 137 Å². The van der Waals surface area contributed by atoms with Crippen molar-refractivity contribution in [2.24, 2.45) is 51.8 Å². The van der Waals surface area contributed by atoms with Gasteiger partial charge in [0.1, 0.15) is 0 Å². The van der Waals surface area contributed by atoms with E-state index in [-0.39, 0.29) is 23.0 Å². The minimum Gasteiger partial charge on any atom is -0.393 e. The zero-order valence-corrected chi connectivity index (χ0v) is 30.9. The summed E-state index contributed by atoms with van der Waals surface area (Å²) in [4.78, 5) is 0. The van der Waals surface area contributed by atoms with Crippen molar-refractivity contribution in [3.8, 4) is 0 Å². The fourth-order valence-electron chi connectivity index (χ4n) is 14.4. The van der Waals surface area contributed by atoms with Gasteiger partial charge in [-0.2, -0.15) is 0 Å². The molecule has 266 valence electrons. The van der Waals surface area contributed by atoms with Crippen LogP contribution in [0, 0.1) is 51.8 Å². The Morgan fingerprint density at radius 2 is 0.804 bits per heavy atom. The molecule has 2 nitrogen and oxygen atoms in total. The summed E-state index contributed by atoms with van der Waals surface area (Å²) in [6.45, 7) is 5.18. The predicted molar refractivity (Wildman–Crippen MR) is 195 cm³/mol. The maximum atomic E-state index is 12.3. The molecule has 0 saturated heterocycles. The van der Waals surface area contributed by atoms with Crippen LogP contribution in [0.4, 0.5) is 0 Å². The fourth-order valence-corrected chi connectivity index (χ4v) is 14.4. The van der Waals surface area contributed by atoms with Crippen LogP contribution in [0.15, 0.2) is 0 Å². The van der Waals surface area contributed by atoms with Crippen molar-refractivity contribution in [3.05, 3.63) is 0 Å². The second-order valence-electron chi connectivity index (χ2n) is 18.9. The first kappa shape index (κ1) is 35.7. The number of hydrogen-bond donors (Lipinski definition) is 2. The molecule has 6 saturated carbocycles. The normalized spacial score (nSPS) is 35.5. The van der Waals surface area contributed by atoms with E-state index in [0.29, 0.717) is 5.41 Å². The van der Waals surface area contributed by atoms with Gasteiger partial charge in [0, 0.05) is 10.8 Å². The van der Waals surface area contributed by atoms with Gasteiger partial charge in [0.25, 0.3) is 0 Å². The zero-order chi connectivity index (χ0) is 32.0. The van der Waals surface area contributed by atoms with Crippen molar-refractivity contribution in [3.63, 3.8) is 0 Å². The Kier molecular flexibility index (Phi) is 12.7. The molecule has 0 aliphatic heterocycles. The van der Waals surface area contributed by atoms with Crippen LogP contribution in [0.5, 0.6) is 0 Å². The second-order valence-corrected chi connectivity index (χ2v) is 18.9. The van der Waals surface area contributed by atoms with Crippen LogP contribution in [0.1, 0.15) is 213 Å². The highest BCUT2D eigenvalue weighted by atomic mass is 16.3. The molecule has 0 spiro atoms. The van der Waals surface area contributed by atoms with E-state index in [1.165, 1.54) is 186 Å². The molecular formula is C44H78O2. The summed E-state index contributed by atoms with van der Waals surface area (Å²) >= 11 is 0. The summed E-state index contributed by atoms with van der Waals surface area (Å²) in [7, 11) is 0. The minimum absolute atomic E-state index is 0.0731. The largest absolute Gasteiger partial charge is 0.393 e. The third kappa shape index (κ3) is 7.08. The highest BCUT2D eigenvalue weighted by Gasteiger charge is 2.60. The third-order valence-electron chi connectivity index (χ3n) is 16.9. The highest BCUT2D eigenvalue weighted by molar-refractivity contribution is 5.09. The quantitative estimate of drug-likeness (QED) is 0.221. The summed E-state index contributed by atoms with van der Waals surface area (Å²) in [5.41, 5.74) is 0.691. The molecule has 6 rings (SSSR count). The lowest BCUT2D eigenvalue weighted by Crippen LogP contribution is -2.57. The number of hydrogen-bond acceptors (Lipinski definition) is 2. The average Bonchev–Trinajstić information content (AvgIpc) is 3.12. The first-order valence-electron chi connectivity index (χ1n) is 21.8. The Morgan fingerprint density at radius 1 is 0.457 bits per heavy atom. The Morgan fingerprint density at radius 3 is 1.13 bits per heavy atom. The molecule has 2 heteroatoms. The standard InChI is InChI=1S/C44H78O2/c1-3-4-5-18-31-42(2,38-27-29-40(45)43(32-38,34-19-10-6-11-20-34)35-21-12-7-13-22-35)39-28-30-41(46)44(33-39,36-23-14-8-15-24-36)37-25-16-9-17-26-37/h34-41,45-46H,3-33H2,1-2H3. The lowest BCUT2D eigenvalue weighted by atomic mass is 9.44. The van der Waals surface area contributed by atoms with Gasteiger partial charge in [-0.25, -0.2) is 0 Å². The molecule has 0 radical (unpaired) electrons. The van der Waals surface area contributed by atoms with E-state index in [9.17, 15) is 10.2 Å². The van der Waals surface area contributed by atoms with Gasteiger partial charge in [-0.3, -0.25) is 0 Å². The van der Waals surface area contributed by atoms with Crippen LogP contribution >= 0.6 is 0 Å². The Labute approximate surface area is 286 Å². The summed E-state index contributed by atoms with van der Waals surface area (Å²) in [6, 6.07) is 0. The van der Waals surface area contributed by atoms with Crippen LogP contribution in [0.3, 0.4) is 0 Å². The molecule has 2 N–H and O–H groups in total. The Hall–Kier alpha value is -0.0800. The maximum absolute atomic E-state index is 12.3. The van der Waals surface area contributed by atoms with Gasteiger partial charge in [0.05, 0.1) is 12.2 Å². The van der Waals surface area contributed by atoms with Crippen molar-refractivity contribution in [1.82, 2.24) is 0 Å². The second kappa shape index (κ2) is 16.3. The smallest absolute Gasteiger partial charge is 0.0601 e. The summed E-state index contributed by atoms with van der Waals surface area (Å²) in [6.07, 6.45) is 42.0. The number of rotatable bonds is 11. The molecule has 4 unspecified atom stereocenters. The number of unbranched alkanes of at least 4 members (excludes halogenated alkanes) is 3. The van der Waals surface area contributed by atoms with E-state index in [2.05, 4.69) is 13.8 Å². The molecule has 46 heavy (non-hydrogen) atoms. The summed E-state index contributed by atoms with van der Waals surface area (Å²) in [5.74, 6) is 4.51. The lowest BCUT2D eigenvalue weighted by molar-refractivity contribution is -0.171. The maximum Gasteiger partial charge on any atom is 0.0601 e. The van der Waals surface area contributed by atoms with Gasteiger partial charge in [0.2, 0.25) is 0 Å². The number of aliphatic hydroxyl groups excluding tert-OH is 2. The van der Waals surface area contributed by atoms with Gasteiger partial charge < -0.3 is 10.2 Å². The number of aliphatic hydroxyl groups is 2. The summed E-state index contributed by atoms with van der Waals surface area (Å²) < 4.78 is 0. The first-order valence-corrected chi connectivity index (χ1v) is 21.8. The van der Waals surface area contributed by atoms with E-state index < -0.39 is 0 Å². The predicted octanol–water partition coefficient (Wildman–Crippen LogP) is 12.6. The van der Waals surface area contributed by atoms with Crippen LogP contribution in [-0.2, 0) is 0 Å². The van der Waals surface area contributed by atoms with E-state index in [1.54, 1.807) is 0 Å². The molecule has 0 aromatic heterocycles. The third-order valence-corrected chi connectivity index (χ3v) is 16.9. The molecule has 6 aliphatic carbocycles. The van der Waals surface area contributed by atoms with Crippen molar-refractivity contribution >= 4 is 0 Å². The van der Waals surface area contributed by atoms with Gasteiger partial charge >= 0.3 is 0 Å². The molecule has 4 atom stereocenters. The minimum atomic E-state index is -0.0731. The zero-order valence-electron chi connectivity index (χ0n) is 30.9. The van der Waals surface area contributed by atoms with Crippen molar-refractivity contribution in [2.75, 3.05) is 0 Å². The lowest BCUT2D eigenvalue weighted by Gasteiger charge is -2.62. The topological polar surface area (TPSA) is 40.5 Å². The summed E-state index contributed by atoms with van der Waals surface area (Å²) in [5, 5.41) is 24.6. The molecule has 0 heterocycles. The van der Waals surface area contributed by atoms with E-state index in [0.717, 1.165) is 48.3 Å². The van der Waals surface area contributed by atoms with Gasteiger partial charge in [-0.15, -0.1) is 0 Å². The average molecular weight is 639 g/mol. The monoisotopic (exact) mass is 639 g/mol. The van der Waals surface area contributed by atoms with E-state index >= 15 is 0 Å². The Balaban J connectivity index is 1.35. The van der Waals surface area contributed by atoms with Crippen LogP contribution < -0.4 is 0 Å². The fraction of sp³-hybridized carbons (Fsp3) is 1.00. The molecule has 0 amide bonds. The van der Waals surface area contributed by atoms with Gasteiger partial charge in [0.15, 0.2) is 0 Å². The molecule has 6 aliphatic rings. The molecular weight excluding hydrogens is 560 g/mol. The van der Waals surface area contributed by atoms with Crippen molar-refractivity contribution in [2.45, 2.75) is 225 Å². The highest BCUT2D eigenvalue weighted by Crippen LogP contribution is 2.66. The Bertz CT molecular complexity index is 786. The van der Waals surface area contributed by atoms with Crippen LogP contribution in [-0.4, -0.2) is 22.4 Å². The van der Waals surface area contributed by atoms with Crippen LogP contribution in [0.2, 0.25) is 0 Å².